The highest BCUT2D eigenvalue weighted by atomic mass is 35.5. The molecular weight excluding hydrogens is 330 g/mol. The number of nitrogens with zero attached hydrogens (tertiary/aromatic N) is 2. The third-order valence-corrected chi connectivity index (χ3v) is 5.45. The van der Waals surface area contributed by atoms with Gasteiger partial charge in [0, 0.05) is 35.1 Å². The highest BCUT2D eigenvalue weighted by molar-refractivity contribution is 7.13. The summed E-state index contributed by atoms with van der Waals surface area (Å²) in [6.07, 6.45) is 2.10. The van der Waals surface area contributed by atoms with Crippen LogP contribution in [0.2, 0.25) is 5.02 Å². The van der Waals surface area contributed by atoms with E-state index in [2.05, 4.69) is 4.98 Å². The maximum atomic E-state index is 12.7. The first kappa shape index (κ1) is 16.4. The van der Waals surface area contributed by atoms with Crippen LogP contribution in [-0.4, -0.2) is 34.9 Å². The van der Waals surface area contributed by atoms with Gasteiger partial charge in [0.1, 0.15) is 10.7 Å². The van der Waals surface area contributed by atoms with E-state index >= 15 is 0 Å². The molecule has 1 fully saturated rings. The second kappa shape index (κ2) is 6.99. The summed E-state index contributed by atoms with van der Waals surface area (Å²) in [5.74, 6) is 0.383. The minimum Gasteiger partial charge on any atom is -0.337 e. The van der Waals surface area contributed by atoms with Crippen LogP contribution in [0.3, 0.4) is 0 Å². The molecule has 2 aromatic rings. The quantitative estimate of drug-likeness (QED) is 0.919. The van der Waals surface area contributed by atoms with Crippen LogP contribution >= 0.6 is 22.9 Å². The first-order valence-electron chi connectivity index (χ1n) is 7.81. The van der Waals surface area contributed by atoms with Gasteiger partial charge >= 0.3 is 0 Å². The third-order valence-electron chi connectivity index (χ3n) is 4.30. The number of carbonyl (C=O) groups is 1. The van der Waals surface area contributed by atoms with E-state index in [1.807, 2.05) is 41.5 Å². The number of hydrogen-bond donors (Lipinski definition) is 1. The number of likely N-dealkylation sites (tertiary alicyclic amines) is 1. The van der Waals surface area contributed by atoms with Crippen molar-refractivity contribution in [2.24, 2.45) is 11.7 Å². The van der Waals surface area contributed by atoms with E-state index in [1.54, 1.807) is 0 Å². The lowest BCUT2D eigenvalue weighted by atomic mass is 9.92. The molecule has 0 bridgehead atoms. The molecule has 4 nitrogen and oxygen atoms in total. The van der Waals surface area contributed by atoms with Crippen LogP contribution < -0.4 is 5.73 Å². The zero-order valence-corrected chi connectivity index (χ0v) is 14.6. The number of amides is 1. The largest absolute Gasteiger partial charge is 0.337 e. The number of benzene rings is 1. The van der Waals surface area contributed by atoms with Crippen LogP contribution in [0, 0.1) is 5.92 Å². The summed E-state index contributed by atoms with van der Waals surface area (Å²) in [5, 5.41) is 3.37. The fourth-order valence-corrected chi connectivity index (χ4v) is 3.81. The van der Waals surface area contributed by atoms with E-state index in [4.69, 9.17) is 17.3 Å². The number of nitrogens with two attached hydrogens (primary N) is 1. The normalized spacial score (nSPS) is 19.6. The van der Waals surface area contributed by atoms with Crippen molar-refractivity contribution in [2.75, 3.05) is 13.1 Å². The highest BCUT2D eigenvalue weighted by Gasteiger charge is 2.27. The maximum absolute atomic E-state index is 12.7. The van der Waals surface area contributed by atoms with Gasteiger partial charge in [0.15, 0.2) is 0 Å². The number of piperidine rings is 1. The Labute approximate surface area is 145 Å². The number of thiazole rings is 1. The van der Waals surface area contributed by atoms with Crippen LogP contribution in [0.25, 0.3) is 10.6 Å². The number of rotatable bonds is 3. The monoisotopic (exact) mass is 349 g/mol. The van der Waals surface area contributed by atoms with Crippen molar-refractivity contribution in [1.29, 1.82) is 0 Å². The summed E-state index contributed by atoms with van der Waals surface area (Å²) in [4.78, 5) is 19.1. The summed E-state index contributed by atoms with van der Waals surface area (Å²) in [7, 11) is 0. The molecule has 1 aliphatic heterocycles. The molecule has 2 unspecified atom stereocenters. The van der Waals surface area contributed by atoms with Gasteiger partial charge in [-0.1, -0.05) is 23.7 Å². The maximum Gasteiger partial charge on any atom is 0.273 e. The van der Waals surface area contributed by atoms with Crippen molar-refractivity contribution in [1.82, 2.24) is 9.88 Å². The van der Waals surface area contributed by atoms with E-state index in [0.717, 1.165) is 36.5 Å². The number of carbonyl (C=O) groups excluding carboxylic acids is 1. The Morgan fingerprint density at radius 1 is 1.43 bits per heavy atom. The van der Waals surface area contributed by atoms with Crippen molar-refractivity contribution >= 4 is 28.8 Å². The molecule has 6 heteroatoms. The second-order valence-corrected chi connectivity index (χ2v) is 7.35. The Bertz CT molecular complexity index is 683. The lowest BCUT2D eigenvalue weighted by Gasteiger charge is -2.34. The van der Waals surface area contributed by atoms with Gasteiger partial charge in [-0.05, 0) is 37.8 Å². The molecule has 1 amide bonds. The van der Waals surface area contributed by atoms with Crippen LogP contribution in [0.15, 0.2) is 29.6 Å². The molecule has 2 heterocycles. The van der Waals surface area contributed by atoms with Crippen LogP contribution in [-0.2, 0) is 0 Å². The first-order chi connectivity index (χ1) is 11.0. The Morgan fingerprint density at radius 2 is 2.17 bits per heavy atom. The van der Waals surface area contributed by atoms with E-state index in [1.165, 1.54) is 11.3 Å². The summed E-state index contributed by atoms with van der Waals surface area (Å²) >= 11 is 7.39. The van der Waals surface area contributed by atoms with Gasteiger partial charge in [-0.15, -0.1) is 11.3 Å². The molecule has 3 rings (SSSR count). The predicted molar refractivity (Wildman–Crippen MR) is 94.8 cm³/mol. The zero-order valence-electron chi connectivity index (χ0n) is 13.0. The molecule has 0 radical (unpaired) electrons. The van der Waals surface area contributed by atoms with E-state index in [9.17, 15) is 4.79 Å². The Kier molecular flexibility index (Phi) is 4.99. The third kappa shape index (κ3) is 3.74. The van der Waals surface area contributed by atoms with Crippen molar-refractivity contribution < 1.29 is 4.79 Å². The van der Waals surface area contributed by atoms with Crippen LogP contribution in [0.5, 0.6) is 0 Å². The molecule has 0 aliphatic carbocycles. The average Bonchev–Trinajstić information content (AvgIpc) is 3.05. The summed E-state index contributed by atoms with van der Waals surface area (Å²) in [5.41, 5.74) is 7.49. The molecule has 2 atom stereocenters. The molecule has 2 N–H and O–H groups in total. The van der Waals surface area contributed by atoms with E-state index < -0.39 is 0 Å². The zero-order chi connectivity index (χ0) is 16.4. The summed E-state index contributed by atoms with van der Waals surface area (Å²) in [6.45, 7) is 3.53. The molecule has 23 heavy (non-hydrogen) atoms. The minimum atomic E-state index is 0.00631. The number of aromatic nitrogens is 1. The standard InChI is InChI=1S/C17H20ClN3OS/c1-11(19)13-3-2-8-21(9-13)17(22)15-10-23-16(20-15)12-4-6-14(18)7-5-12/h4-7,10-11,13H,2-3,8-9,19H2,1H3. The molecule has 1 aromatic carbocycles. The molecule has 1 saturated heterocycles. The van der Waals surface area contributed by atoms with Gasteiger partial charge < -0.3 is 10.6 Å². The van der Waals surface area contributed by atoms with Crippen molar-refractivity contribution in [2.45, 2.75) is 25.8 Å². The Morgan fingerprint density at radius 3 is 2.87 bits per heavy atom. The lowest BCUT2D eigenvalue weighted by molar-refractivity contribution is 0.0656. The molecule has 0 spiro atoms. The summed E-state index contributed by atoms with van der Waals surface area (Å²) < 4.78 is 0. The summed E-state index contributed by atoms with van der Waals surface area (Å²) in [6, 6.07) is 7.62. The highest BCUT2D eigenvalue weighted by Crippen LogP contribution is 2.27. The Balaban J connectivity index is 1.74. The van der Waals surface area contributed by atoms with Gasteiger partial charge in [-0.25, -0.2) is 4.98 Å². The molecule has 122 valence electrons. The smallest absolute Gasteiger partial charge is 0.273 e. The van der Waals surface area contributed by atoms with E-state index in [0.29, 0.717) is 16.6 Å². The Hall–Kier alpha value is -1.43. The first-order valence-corrected chi connectivity index (χ1v) is 9.06. The second-order valence-electron chi connectivity index (χ2n) is 6.06. The molecular formula is C17H20ClN3OS. The van der Waals surface area contributed by atoms with Gasteiger partial charge in [0.05, 0.1) is 0 Å². The van der Waals surface area contributed by atoms with Gasteiger partial charge in [0.2, 0.25) is 0 Å². The van der Waals surface area contributed by atoms with Crippen molar-refractivity contribution in [3.63, 3.8) is 0 Å². The van der Waals surface area contributed by atoms with Crippen molar-refractivity contribution in [3.8, 4) is 10.6 Å². The molecule has 1 aromatic heterocycles. The van der Waals surface area contributed by atoms with Crippen LogP contribution in [0.1, 0.15) is 30.3 Å². The van der Waals surface area contributed by atoms with Gasteiger partial charge in [-0.2, -0.15) is 0 Å². The fraction of sp³-hybridized carbons (Fsp3) is 0.412. The molecule has 0 saturated carbocycles. The fourth-order valence-electron chi connectivity index (χ4n) is 2.88. The van der Waals surface area contributed by atoms with E-state index in [-0.39, 0.29) is 11.9 Å². The SMILES string of the molecule is CC(N)C1CCCN(C(=O)c2csc(-c3ccc(Cl)cc3)n2)C1. The minimum absolute atomic E-state index is 0.00631. The number of halogens is 1. The van der Waals surface area contributed by atoms with Gasteiger partial charge in [0.25, 0.3) is 5.91 Å². The topological polar surface area (TPSA) is 59.2 Å². The molecule has 1 aliphatic rings. The van der Waals surface area contributed by atoms with Gasteiger partial charge in [-0.3, -0.25) is 4.79 Å². The lowest BCUT2D eigenvalue weighted by Crippen LogP contribution is -2.45. The van der Waals surface area contributed by atoms with Crippen molar-refractivity contribution in [3.05, 3.63) is 40.4 Å². The van der Waals surface area contributed by atoms with Crippen LogP contribution in [0.4, 0.5) is 0 Å². The number of hydrogen-bond acceptors (Lipinski definition) is 4. The predicted octanol–water partition coefficient (Wildman–Crippen LogP) is 3.66. The average molecular weight is 350 g/mol.